The lowest BCUT2D eigenvalue weighted by Gasteiger charge is -2.11. The second-order valence-corrected chi connectivity index (χ2v) is 5.75. The topological polar surface area (TPSA) is 91.1 Å². The van der Waals surface area contributed by atoms with Crippen molar-refractivity contribution in [3.63, 3.8) is 0 Å². The van der Waals surface area contributed by atoms with E-state index in [0.29, 0.717) is 37.1 Å². The van der Waals surface area contributed by atoms with Crippen LogP contribution in [0.15, 0.2) is 52.1 Å². The van der Waals surface area contributed by atoms with Gasteiger partial charge in [0.1, 0.15) is 5.82 Å². The average molecular weight is 359 g/mol. The first-order valence-electron chi connectivity index (χ1n) is 7.88. The molecule has 0 aliphatic rings. The summed E-state index contributed by atoms with van der Waals surface area (Å²) < 4.78 is 5.28. The Hall–Kier alpha value is -2.80. The number of aromatic nitrogens is 3. The lowest BCUT2D eigenvalue weighted by molar-refractivity contribution is 0.577. The number of benzene rings is 1. The van der Waals surface area contributed by atoms with Crippen molar-refractivity contribution in [1.29, 1.82) is 0 Å². The molecule has 3 N–H and O–H groups in total. The monoisotopic (exact) mass is 358 g/mol. The zero-order valence-electron chi connectivity index (χ0n) is 13.8. The quantitative estimate of drug-likeness (QED) is 0.465. The van der Waals surface area contributed by atoms with Crippen LogP contribution in [0.4, 0.5) is 0 Å². The molecule has 0 amide bonds. The van der Waals surface area contributed by atoms with E-state index in [1.165, 1.54) is 0 Å². The normalized spacial score (nSPS) is 11.5. The van der Waals surface area contributed by atoms with Gasteiger partial charge in [0.2, 0.25) is 5.82 Å². The number of aromatic amines is 1. The molecular formula is C17H19ClN6O. The molecule has 8 heteroatoms. The zero-order valence-corrected chi connectivity index (χ0v) is 14.5. The molecule has 3 rings (SSSR count). The molecule has 0 bridgehead atoms. The van der Waals surface area contributed by atoms with Gasteiger partial charge in [-0.15, -0.1) is 0 Å². The molecule has 0 aliphatic carbocycles. The Morgan fingerprint density at radius 3 is 2.96 bits per heavy atom. The summed E-state index contributed by atoms with van der Waals surface area (Å²) in [6.07, 6.45) is 2.29. The van der Waals surface area contributed by atoms with Gasteiger partial charge in [-0.3, -0.25) is 10.1 Å². The first-order chi connectivity index (χ1) is 12.2. The Bertz CT molecular complexity index is 827. The van der Waals surface area contributed by atoms with Gasteiger partial charge in [-0.05, 0) is 29.8 Å². The summed E-state index contributed by atoms with van der Waals surface area (Å²) in [5.74, 6) is 2.70. The third-order valence-electron chi connectivity index (χ3n) is 3.50. The van der Waals surface area contributed by atoms with Crippen LogP contribution in [0.25, 0.3) is 11.6 Å². The summed E-state index contributed by atoms with van der Waals surface area (Å²) >= 11 is 5.99. The van der Waals surface area contributed by atoms with Crippen LogP contribution in [0.1, 0.15) is 11.4 Å². The van der Waals surface area contributed by atoms with Crippen molar-refractivity contribution in [3.05, 3.63) is 59.1 Å². The standard InChI is InChI=1S/C17H19ClN6O/c1-19-17(21-11-12-4-2-5-13(18)10-12)20-8-7-15-22-16(24-23-15)14-6-3-9-25-14/h2-6,9-10H,7-8,11H2,1H3,(H2,19,20,21)(H,22,23,24). The minimum atomic E-state index is 0.559. The summed E-state index contributed by atoms with van der Waals surface area (Å²) in [5, 5.41) is 14.3. The number of halogens is 1. The molecule has 130 valence electrons. The highest BCUT2D eigenvalue weighted by atomic mass is 35.5. The number of hydrogen-bond acceptors (Lipinski definition) is 4. The average Bonchev–Trinajstić information content (AvgIpc) is 3.29. The van der Waals surface area contributed by atoms with Crippen molar-refractivity contribution in [2.45, 2.75) is 13.0 Å². The van der Waals surface area contributed by atoms with Crippen molar-refractivity contribution in [2.75, 3.05) is 13.6 Å². The fourth-order valence-corrected chi connectivity index (χ4v) is 2.49. The molecule has 2 aromatic heterocycles. The van der Waals surface area contributed by atoms with Crippen LogP contribution in [0.2, 0.25) is 5.02 Å². The maximum atomic E-state index is 5.99. The van der Waals surface area contributed by atoms with E-state index < -0.39 is 0 Å². The van der Waals surface area contributed by atoms with E-state index in [4.69, 9.17) is 16.0 Å². The van der Waals surface area contributed by atoms with Crippen LogP contribution >= 0.6 is 11.6 Å². The summed E-state index contributed by atoms with van der Waals surface area (Å²) in [6, 6.07) is 11.3. The van der Waals surface area contributed by atoms with Crippen LogP contribution < -0.4 is 10.6 Å². The Morgan fingerprint density at radius 1 is 1.28 bits per heavy atom. The molecule has 0 radical (unpaired) electrons. The molecule has 0 aliphatic heterocycles. The Balaban J connectivity index is 1.45. The van der Waals surface area contributed by atoms with E-state index in [1.54, 1.807) is 13.3 Å². The second-order valence-electron chi connectivity index (χ2n) is 5.32. The van der Waals surface area contributed by atoms with Gasteiger partial charge in [-0.1, -0.05) is 23.7 Å². The third kappa shape index (κ3) is 4.84. The van der Waals surface area contributed by atoms with Gasteiger partial charge in [0.05, 0.1) is 6.26 Å². The second kappa shape index (κ2) is 8.34. The van der Waals surface area contributed by atoms with Crippen molar-refractivity contribution in [2.24, 2.45) is 4.99 Å². The van der Waals surface area contributed by atoms with Gasteiger partial charge < -0.3 is 15.1 Å². The van der Waals surface area contributed by atoms with Gasteiger partial charge in [0.25, 0.3) is 0 Å². The highest BCUT2D eigenvalue weighted by Crippen LogP contribution is 2.14. The third-order valence-corrected chi connectivity index (χ3v) is 3.74. The molecule has 0 saturated heterocycles. The van der Waals surface area contributed by atoms with E-state index in [-0.39, 0.29) is 0 Å². The number of H-pyrrole nitrogens is 1. The predicted octanol–water partition coefficient (Wildman–Crippen LogP) is 2.63. The SMILES string of the molecule is CN=C(NCCc1nc(-c2ccco2)n[nH]1)NCc1cccc(Cl)c1. The lowest BCUT2D eigenvalue weighted by atomic mass is 10.2. The maximum Gasteiger partial charge on any atom is 0.216 e. The zero-order chi connectivity index (χ0) is 17.5. The fourth-order valence-electron chi connectivity index (χ4n) is 2.28. The number of nitrogens with zero attached hydrogens (tertiary/aromatic N) is 3. The summed E-state index contributed by atoms with van der Waals surface area (Å²) in [7, 11) is 1.73. The molecular weight excluding hydrogens is 340 g/mol. The summed E-state index contributed by atoms with van der Waals surface area (Å²) in [6.45, 7) is 1.31. The maximum absolute atomic E-state index is 5.99. The first kappa shape index (κ1) is 17.0. The number of aliphatic imine (C=N–C) groups is 1. The van der Waals surface area contributed by atoms with Crippen LogP contribution in [0.3, 0.4) is 0 Å². The molecule has 25 heavy (non-hydrogen) atoms. The number of furan rings is 1. The van der Waals surface area contributed by atoms with E-state index in [2.05, 4.69) is 30.8 Å². The van der Waals surface area contributed by atoms with Gasteiger partial charge in [-0.25, -0.2) is 4.98 Å². The van der Waals surface area contributed by atoms with E-state index in [0.717, 1.165) is 16.4 Å². The van der Waals surface area contributed by atoms with Crippen LogP contribution in [0.5, 0.6) is 0 Å². The van der Waals surface area contributed by atoms with Crippen molar-refractivity contribution < 1.29 is 4.42 Å². The number of nitrogens with one attached hydrogen (secondary N) is 3. The molecule has 0 atom stereocenters. The molecule has 1 aromatic carbocycles. The van der Waals surface area contributed by atoms with Crippen molar-refractivity contribution in [3.8, 4) is 11.6 Å². The molecule has 0 saturated carbocycles. The van der Waals surface area contributed by atoms with E-state index in [1.807, 2.05) is 36.4 Å². The predicted molar refractivity (Wildman–Crippen MR) is 97.4 cm³/mol. The fraction of sp³-hybridized carbons (Fsp3) is 0.235. The van der Waals surface area contributed by atoms with E-state index >= 15 is 0 Å². The van der Waals surface area contributed by atoms with Crippen LogP contribution in [-0.2, 0) is 13.0 Å². The highest BCUT2D eigenvalue weighted by Gasteiger charge is 2.08. The smallest absolute Gasteiger partial charge is 0.216 e. The Labute approximate surface area is 150 Å². The van der Waals surface area contributed by atoms with Crippen molar-refractivity contribution >= 4 is 17.6 Å². The van der Waals surface area contributed by atoms with Gasteiger partial charge in [0, 0.05) is 31.6 Å². The van der Waals surface area contributed by atoms with Crippen molar-refractivity contribution in [1.82, 2.24) is 25.8 Å². The largest absolute Gasteiger partial charge is 0.461 e. The van der Waals surface area contributed by atoms with Gasteiger partial charge >= 0.3 is 0 Å². The Morgan fingerprint density at radius 2 is 2.20 bits per heavy atom. The van der Waals surface area contributed by atoms with Gasteiger partial charge in [-0.2, -0.15) is 5.10 Å². The molecule has 0 fully saturated rings. The summed E-state index contributed by atoms with van der Waals surface area (Å²) in [4.78, 5) is 8.61. The summed E-state index contributed by atoms with van der Waals surface area (Å²) in [5.41, 5.74) is 1.09. The van der Waals surface area contributed by atoms with E-state index in [9.17, 15) is 0 Å². The molecule has 0 spiro atoms. The number of hydrogen-bond donors (Lipinski definition) is 3. The minimum absolute atomic E-state index is 0.559. The molecule has 3 aromatic rings. The molecule has 0 unspecified atom stereocenters. The Kier molecular flexibility index (Phi) is 5.69. The molecule has 2 heterocycles. The minimum Gasteiger partial charge on any atom is -0.461 e. The number of guanidine groups is 1. The first-order valence-corrected chi connectivity index (χ1v) is 8.26. The van der Waals surface area contributed by atoms with Crippen LogP contribution in [-0.4, -0.2) is 34.7 Å². The number of rotatable bonds is 6. The highest BCUT2D eigenvalue weighted by molar-refractivity contribution is 6.30. The van der Waals surface area contributed by atoms with Gasteiger partial charge in [0.15, 0.2) is 11.7 Å². The lowest BCUT2D eigenvalue weighted by Crippen LogP contribution is -2.37. The van der Waals surface area contributed by atoms with Crippen LogP contribution in [0, 0.1) is 0 Å². The molecule has 7 nitrogen and oxygen atoms in total.